The number of likely N-dealkylation sites (tertiary alicyclic amines) is 1. The summed E-state index contributed by atoms with van der Waals surface area (Å²) in [5, 5.41) is 1.88. The lowest BCUT2D eigenvalue weighted by atomic mass is 10.1. The SMILES string of the molecule is COc1cc2c(cc1OCCCN1CCCC1)nc(-c1ccc(C)o1)c1cccnc12. The molecule has 31 heavy (non-hydrogen) atoms. The van der Waals surface area contributed by atoms with Gasteiger partial charge in [-0.2, -0.15) is 0 Å². The first-order chi connectivity index (χ1) is 15.2. The number of aromatic nitrogens is 2. The number of pyridine rings is 2. The van der Waals surface area contributed by atoms with Gasteiger partial charge in [0.2, 0.25) is 0 Å². The third-order valence-corrected chi connectivity index (χ3v) is 5.88. The maximum absolute atomic E-state index is 6.12. The van der Waals surface area contributed by atoms with Crippen LogP contribution in [0.5, 0.6) is 11.5 Å². The number of fused-ring (bicyclic) bond motifs is 3. The van der Waals surface area contributed by atoms with Gasteiger partial charge in [-0.3, -0.25) is 4.98 Å². The Bertz CT molecular complexity index is 1210. The molecule has 160 valence electrons. The highest BCUT2D eigenvalue weighted by Gasteiger charge is 2.17. The van der Waals surface area contributed by atoms with E-state index in [2.05, 4.69) is 9.88 Å². The quantitative estimate of drug-likeness (QED) is 0.303. The molecule has 4 heterocycles. The first kappa shape index (κ1) is 19.8. The molecular weight excluding hydrogens is 390 g/mol. The summed E-state index contributed by atoms with van der Waals surface area (Å²) in [4.78, 5) is 12.1. The first-order valence-electron chi connectivity index (χ1n) is 10.9. The lowest BCUT2D eigenvalue weighted by Crippen LogP contribution is -2.21. The molecular formula is C25H27N3O3. The number of nitrogens with zero attached hydrogens (tertiary/aromatic N) is 3. The van der Waals surface area contributed by atoms with E-state index in [9.17, 15) is 0 Å². The number of hydrogen-bond acceptors (Lipinski definition) is 6. The number of benzene rings is 1. The van der Waals surface area contributed by atoms with Crippen LogP contribution in [0.25, 0.3) is 33.3 Å². The van der Waals surface area contributed by atoms with Gasteiger partial charge in [0.1, 0.15) is 11.5 Å². The minimum Gasteiger partial charge on any atom is -0.493 e. The van der Waals surface area contributed by atoms with Crippen molar-refractivity contribution in [3.8, 4) is 23.0 Å². The maximum Gasteiger partial charge on any atom is 0.163 e. The molecule has 1 saturated heterocycles. The van der Waals surface area contributed by atoms with Crippen molar-refractivity contribution in [2.45, 2.75) is 26.2 Å². The van der Waals surface area contributed by atoms with Crippen molar-refractivity contribution in [1.29, 1.82) is 0 Å². The second-order valence-electron chi connectivity index (χ2n) is 8.04. The Hall–Kier alpha value is -3.12. The Kier molecular flexibility index (Phi) is 5.47. The van der Waals surface area contributed by atoms with E-state index >= 15 is 0 Å². The Morgan fingerprint density at radius 3 is 2.71 bits per heavy atom. The van der Waals surface area contributed by atoms with Gasteiger partial charge in [-0.1, -0.05) is 0 Å². The van der Waals surface area contributed by atoms with E-state index in [4.69, 9.17) is 18.9 Å². The monoisotopic (exact) mass is 417 g/mol. The largest absolute Gasteiger partial charge is 0.493 e. The smallest absolute Gasteiger partial charge is 0.163 e. The Morgan fingerprint density at radius 2 is 1.94 bits per heavy atom. The molecule has 0 atom stereocenters. The summed E-state index contributed by atoms with van der Waals surface area (Å²) < 4.78 is 17.6. The normalized spacial score (nSPS) is 14.5. The summed E-state index contributed by atoms with van der Waals surface area (Å²) in [6.07, 6.45) is 5.41. The van der Waals surface area contributed by atoms with E-state index in [1.165, 1.54) is 25.9 Å². The molecule has 0 spiro atoms. The van der Waals surface area contributed by atoms with E-state index < -0.39 is 0 Å². The molecule has 6 heteroatoms. The van der Waals surface area contributed by atoms with Gasteiger partial charge in [0.25, 0.3) is 0 Å². The van der Waals surface area contributed by atoms with Crippen molar-refractivity contribution in [2.24, 2.45) is 0 Å². The molecule has 0 unspecified atom stereocenters. The summed E-state index contributed by atoms with van der Waals surface area (Å²) in [5.74, 6) is 3.00. The van der Waals surface area contributed by atoms with E-state index in [1.54, 1.807) is 13.3 Å². The van der Waals surface area contributed by atoms with Gasteiger partial charge in [0.05, 0.1) is 24.8 Å². The predicted octanol–water partition coefficient (Wildman–Crippen LogP) is 5.22. The molecule has 1 aliphatic rings. The Labute approximate surface area is 181 Å². The van der Waals surface area contributed by atoms with E-state index in [0.29, 0.717) is 18.1 Å². The summed E-state index contributed by atoms with van der Waals surface area (Å²) in [6.45, 7) is 6.07. The van der Waals surface area contributed by atoms with E-state index in [1.807, 2.05) is 43.3 Å². The molecule has 1 aliphatic heterocycles. The van der Waals surface area contributed by atoms with Gasteiger partial charge in [-0.05, 0) is 69.6 Å². The number of hydrogen-bond donors (Lipinski definition) is 0. The van der Waals surface area contributed by atoms with Gasteiger partial charge < -0.3 is 18.8 Å². The fourth-order valence-corrected chi connectivity index (χ4v) is 4.32. The van der Waals surface area contributed by atoms with Crippen LogP contribution in [0.4, 0.5) is 0 Å². The second kappa shape index (κ2) is 8.55. The first-order valence-corrected chi connectivity index (χ1v) is 10.9. The zero-order chi connectivity index (χ0) is 21.2. The van der Waals surface area contributed by atoms with Gasteiger partial charge in [-0.15, -0.1) is 0 Å². The van der Waals surface area contributed by atoms with E-state index in [-0.39, 0.29) is 0 Å². The Balaban J connectivity index is 1.51. The highest BCUT2D eigenvalue weighted by atomic mass is 16.5. The van der Waals surface area contributed by atoms with E-state index in [0.717, 1.165) is 52.0 Å². The van der Waals surface area contributed by atoms with Crippen LogP contribution in [0, 0.1) is 6.92 Å². The van der Waals surface area contributed by atoms with Crippen molar-refractivity contribution in [3.63, 3.8) is 0 Å². The van der Waals surface area contributed by atoms with Gasteiger partial charge >= 0.3 is 0 Å². The van der Waals surface area contributed by atoms with Crippen molar-refractivity contribution in [3.05, 3.63) is 48.4 Å². The molecule has 0 N–H and O–H groups in total. The molecule has 3 aromatic heterocycles. The third kappa shape index (κ3) is 3.95. The molecule has 4 aromatic rings. The minimum absolute atomic E-state index is 0.647. The number of furan rings is 1. The number of methoxy groups -OCH3 is 1. The summed E-state index contributed by atoms with van der Waals surface area (Å²) >= 11 is 0. The molecule has 0 aliphatic carbocycles. The lowest BCUT2D eigenvalue weighted by Gasteiger charge is -2.16. The average molecular weight is 418 g/mol. The molecule has 0 saturated carbocycles. The topological polar surface area (TPSA) is 60.6 Å². The van der Waals surface area contributed by atoms with Crippen LogP contribution in [0.1, 0.15) is 25.0 Å². The molecule has 5 rings (SSSR count). The third-order valence-electron chi connectivity index (χ3n) is 5.88. The van der Waals surface area contributed by atoms with Crippen molar-refractivity contribution < 1.29 is 13.9 Å². The molecule has 1 fully saturated rings. The van der Waals surface area contributed by atoms with Crippen LogP contribution in [0.3, 0.4) is 0 Å². The lowest BCUT2D eigenvalue weighted by molar-refractivity contribution is 0.254. The standard InChI is InChI=1S/C25H27N3O3/c1-17-8-9-21(31-17)25-18-7-5-10-26-24(18)19-15-22(29-2)23(16-20(19)27-25)30-14-6-13-28-11-3-4-12-28/h5,7-10,15-16H,3-4,6,11-14H2,1-2H3. The van der Waals surface area contributed by atoms with Crippen molar-refractivity contribution >= 4 is 21.8 Å². The van der Waals surface area contributed by atoms with Crippen LogP contribution in [0.15, 0.2) is 47.0 Å². The molecule has 1 aromatic carbocycles. The van der Waals surface area contributed by atoms with Crippen LogP contribution in [-0.2, 0) is 0 Å². The predicted molar refractivity (Wildman–Crippen MR) is 122 cm³/mol. The van der Waals surface area contributed by atoms with Crippen molar-refractivity contribution in [1.82, 2.24) is 14.9 Å². The number of ether oxygens (including phenoxy) is 2. The molecule has 0 radical (unpaired) electrons. The van der Waals surface area contributed by atoms with Crippen molar-refractivity contribution in [2.75, 3.05) is 33.4 Å². The fourth-order valence-electron chi connectivity index (χ4n) is 4.32. The Morgan fingerprint density at radius 1 is 1.06 bits per heavy atom. The molecule has 6 nitrogen and oxygen atoms in total. The van der Waals surface area contributed by atoms with Gasteiger partial charge in [0.15, 0.2) is 17.3 Å². The molecule has 0 bridgehead atoms. The van der Waals surface area contributed by atoms with Gasteiger partial charge in [0, 0.05) is 29.6 Å². The zero-order valence-corrected chi connectivity index (χ0v) is 18.1. The van der Waals surface area contributed by atoms with Gasteiger partial charge in [-0.25, -0.2) is 4.98 Å². The maximum atomic E-state index is 6.12. The highest BCUT2D eigenvalue weighted by molar-refractivity contribution is 6.09. The van der Waals surface area contributed by atoms with Crippen LogP contribution >= 0.6 is 0 Å². The fraction of sp³-hybridized carbons (Fsp3) is 0.360. The van der Waals surface area contributed by atoms with Crippen LogP contribution in [-0.4, -0.2) is 48.2 Å². The second-order valence-corrected chi connectivity index (χ2v) is 8.04. The average Bonchev–Trinajstić information content (AvgIpc) is 3.47. The van der Waals surface area contributed by atoms with Crippen LogP contribution in [0.2, 0.25) is 0 Å². The summed E-state index contributed by atoms with van der Waals surface area (Å²) in [6, 6.07) is 11.8. The minimum atomic E-state index is 0.647. The summed E-state index contributed by atoms with van der Waals surface area (Å²) in [5.41, 5.74) is 2.47. The number of rotatable bonds is 7. The highest BCUT2D eigenvalue weighted by Crippen LogP contribution is 2.37. The number of aryl methyl sites for hydroxylation is 1. The zero-order valence-electron chi connectivity index (χ0n) is 18.1. The molecule has 0 amide bonds. The van der Waals surface area contributed by atoms with Crippen LogP contribution < -0.4 is 9.47 Å². The summed E-state index contributed by atoms with van der Waals surface area (Å²) in [7, 11) is 1.67.